The number of nitrogens with zero attached hydrogens (tertiary/aromatic N) is 4. The van der Waals surface area contributed by atoms with Crippen LogP contribution in [-0.4, -0.2) is 48.4 Å². The fraction of sp³-hybridized carbons (Fsp3) is 0.227. The highest BCUT2D eigenvalue weighted by Gasteiger charge is 2.20. The van der Waals surface area contributed by atoms with Gasteiger partial charge in [0.05, 0.1) is 16.8 Å². The second kappa shape index (κ2) is 8.35. The molecule has 8 nitrogen and oxygen atoms in total. The zero-order chi connectivity index (χ0) is 22.0. The summed E-state index contributed by atoms with van der Waals surface area (Å²) in [5.41, 5.74) is 2.89. The number of carbonyl (C=O) groups is 1. The van der Waals surface area contributed by atoms with Gasteiger partial charge in [-0.25, -0.2) is 4.68 Å². The molecule has 0 bridgehead atoms. The van der Waals surface area contributed by atoms with Crippen molar-refractivity contribution in [2.24, 2.45) is 4.40 Å². The number of amidine groups is 1. The van der Waals surface area contributed by atoms with Gasteiger partial charge in [0.25, 0.3) is 15.9 Å². The van der Waals surface area contributed by atoms with Crippen molar-refractivity contribution >= 4 is 27.5 Å². The van der Waals surface area contributed by atoms with E-state index in [1.807, 2.05) is 37.2 Å². The van der Waals surface area contributed by atoms with Gasteiger partial charge in [-0.2, -0.15) is 13.5 Å². The molecule has 1 aromatic heterocycles. The summed E-state index contributed by atoms with van der Waals surface area (Å²) < 4.78 is 30.8. The molecule has 9 heteroatoms. The Labute approximate surface area is 181 Å². The van der Waals surface area contributed by atoms with Gasteiger partial charge in [-0.3, -0.25) is 4.79 Å². The van der Waals surface area contributed by atoms with Crippen LogP contribution < -0.4 is 5.32 Å². The number of nitrogens with one attached hydrogen (secondary N) is 1. The number of likely N-dealkylation sites (tertiary alicyclic amines) is 1. The molecule has 1 aliphatic heterocycles. The van der Waals surface area contributed by atoms with Gasteiger partial charge in [0.15, 0.2) is 0 Å². The average Bonchev–Trinajstić information content (AvgIpc) is 3.36. The summed E-state index contributed by atoms with van der Waals surface area (Å²) in [6, 6.07) is 13.1. The van der Waals surface area contributed by atoms with Crippen LogP contribution in [0.3, 0.4) is 0 Å². The molecule has 1 fully saturated rings. The standard InChI is InChI=1S/C22H23N5O3S/c1-16-14-23-27(15-16)19-9-5-17(6-10-19)22(28)24-18-7-11-20(12-8-18)31(29,30)25-21-4-3-13-26(21)2/h5-12,14-15H,3-4,13H2,1-2H3,(H,24,28)/b25-21+. The third kappa shape index (κ3) is 4.66. The fourth-order valence-electron chi connectivity index (χ4n) is 3.33. The molecule has 0 saturated carbocycles. The number of aryl methyl sites for hydroxylation is 1. The molecule has 0 atom stereocenters. The summed E-state index contributed by atoms with van der Waals surface area (Å²) in [5, 5.41) is 7.03. The Kier molecular flexibility index (Phi) is 5.60. The van der Waals surface area contributed by atoms with Crippen molar-refractivity contribution in [3.05, 3.63) is 72.1 Å². The fourth-order valence-corrected chi connectivity index (χ4v) is 4.43. The predicted molar refractivity (Wildman–Crippen MR) is 119 cm³/mol. The molecule has 4 rings (SSSR count). The maximum atomic E-state index is 12.5. The van der Waals surface area contributed by atoms with E-state index in [-0.39, 0.29) is 10.8 Å². The predicted octanol–water partition coefficient (Wildman–Crippen LogP) is 3.25. The topological polar surface area (TPSA) is 96.7 Å². The SMILES string of the molecule is Cc1cnn(-c2ccc(C(=O)Nc3ccc(S(=O)(=O)/N=C4\CCCN4C)cc3)cc2)c1. The van der Waals surface area contributed by atoms with Crippen LogP contribution in [0.5, 0.6) is 0 Å². The first kappa shape index (κ1) is 20.8. The second-order valence-corrected chi connectivity index (χ2v) is 9.10. The summed E-state index contributed by atoms with van der Waals surface area (Å²) in [6.07, 6.45) is 5.23. The van der Waals surface area contributed by atoms with Gasteiger partial charge in [0.2, 0.25) is 0 Å². The molecule has 1 amide bonds. The van der Waals surface area contributed by atoms with E-state index >= 15 is 0 Å². The van der Waals surface area contributed by atoms with E-state index in [0.29, 0.717) is 23.5 Å². The summed E-state index contributed by atoms with van der Waals surface area (Å²) in [7, 11) is -1.94. The Bertz CT molecular complexity index is 1230. The highest BCUT2D eigenvalue weighted by Crippen LogP contribution is 2.20. The monoisotopic (exact) mass is 437 g/mol. The van der Waals surface area contributed by atoms with E-state index in [4.69, 9.17) is 0 Å². The minimum absolute atomic E-state index is 0.0946. The van der Waals surface area contributed by atoms with Crippen LogP contribution in [0, 0.1) is 6.92 Å². The first-order valence-corrected chi connectivity index (χ1v) is 11.3. The molecule has 160 valence electrons. The minimum Gasteiger partial charge on any atom is -0.362 e. The molecule has 0 aliphatic carbocycles. The summed E-state index contributed by atoms with van der Waals surface area (Å²) in [5.74, 6) is 0.290. The van der Waals surface area contributed by atoms with Crippen molar-refractivity contribution in [1.29, 1.82) is 0 Å². The maximum absolute atomic E-state index is 12.5. The van der Waals surface area contributed by atoms with Gasteiger partial charge in [0.1, 0.15) is 5.84 Å². The number of aromatic nitrogens is 2. The summed E-state index contributed by atoms with van der Waals surface area (Å²) in [4.78, 5) is 14.5. The Balaban J connectivity index is 1.44. The molecule has 1 N–H and O–H groups in total. The molecule has 0 spiro atoms. The van der Waals surface area contributed by atoms with Crippen LogP contribution in [-0.2, 0) is 10.0 Å². The van der Waals surface area contributed by atoms with Gasteiger partial charge in [-0.1, -0.05) is 0 Å². The van der Waals surface area contributed by atoms with Crippen LogP contribution in [0.2, 0.25) is 0 Å². The Hall–Kier alpha value is -3.46. The zero-order valence-electron chi connectivity index (χ0n) is 17.3. The number of rotatable bonds is 5. The van der Waals surface area contributed by atoms with Crippen molar-refractivity contribution < 1.29 is 13.2 Å². The van der Waals surface area contributed by atoms with E-state index in [0.717, 1.165) is 24.2 Å². The highest BCUT2D eigenvalue weighted by atomic mass is 32.2. The third-order valence-corrected chi connectivity index (χ3v) is 6.39. The normalized spacial score (nSPS) is 15.4. The molecular formula is C22H23N5O3S. The second-order valence-electron chi connectivity index (χ2n) is 7.50. The number of anilines is 1. The lowest BCUT2D eigenvalue weighted by Gasteiger charge is -2.11. The van der Waals surface area contributed by atoms with E-state index in [2.05, 4.69) is 14.8 Å². The van der Waals surface area contributed by atoms with Crippen LogP contribution >= 0.6 is 0 Å². The van der Waals surface area contributed by atoms with Crippen LogP contribution in [0.1, 0.15) is 28.8 Å². The zero-order valence-corrected chi connectivity index (χ0v) is 18.1. The molecule has 31 heavy (non-hydrogen) atoms. The Morgan fingerprint density at radius 2 is 1.81 bits per heavy atom. The smallest absolute Gasteiger partial charge is 0.283 e. The number of hydrogen-bond acceptors (Lipinski definition) is 4. The van der Waals surface area contributed by atoms with Gasteiger partial charge in [-0.15, -0.1) is 4.40 Å². The third-order valence-electron chi connectivity index (χ3n) is 5.08. The van der Waals surface area contributed by atoms with Gasteiger partial charge < -0.3 is 10.2 Å². The van der Waals surface area contributed by atoms with Crippen molar-refractivity contribution in [3.63, 3.8) is 0 Å². The van der Waals surface area contributed by atoms with Crippen LogP contribution in [0.25, 0.3) is 5.69 Å². The van der Waals surface area contributed by atoms with Gasteiger partial charge in [0, 0.05) is 37.5 Å². The largest absolute Gasteiger partial charge is 0.362 e. The Morgan fingerprint density at radius 3 is 2.39 bits per heavy atom. The number of amides is 1. The molecule has 1 aliphatic rings. The molecular weight excluding hydrogens is 414 g/mol. The molecule has 2 aromatic carbocycles. The van der Waals surface area contributed by atoms with Crippen LogP contribution in [0.15, 0.2) is 70.2 Å². The summed E-state index contributed by atoms with van der Waals surface area (Å²) in [6.45, 7) is 2.77. The first-order chi connectivity index (χ1) is 14.8. The lowest BCUT2D eigenvalue weighted by atomic mass is 10.2. The number of benzene rings is 2. The molecule has 0 unspecified atom stereocenters. The minimum atomic E-state index is -3.78. The molecule has 1 saturated heterocycles. The van der Waals surface area contributed by atoms with E-state index in [9.17, 15) is 13.2 Å². The number of hydrogen-bond donors (Lipinski definition) is 1. The van der Waals surface area contributed by atoms with Crippen molar-refractivity contribution in [2.75, 3.05) is 18.9 Å². The van der Waals surface area contributed by atoms with E-state index in [1.54, 1.807) is 35.1 Å². The van der Waals surface area contributed by atoms with Crippen molar-refractivity contribution in [2.45, 2.75) is 24.7 Å². The van der Waals surface area contributed by atoms with E-state index in [1.165, 1.54) is 12.1 Å². The maximum Gasteiger partial charge on any atom is 0.283 e. The first-order valence-electron chi connectivity index (χ1n) is 9.90. The summed E-state index contributed by atoms with van der Waals surface area (Å²) >= 11 is 0. The van der Waals surface area contributed by atoms with E-state index < -0.39 is 10.0 Å². The molecule has 3 aromatic rings. The number of carbonyl (C=O) groups excluding carboxylic acids is 1. The lowest BCUT2D eigenvalue weighted by molar-refractivity contribution is 0.102. The van der Waals surface area contributed by atoms with Gasteiger partial charge in [-0.05, 0) is 67.4 Å². The number of sulfonamides is 1. The Morgan fingerprint density at radius 1 is 1.10 bits per heavy atom. The van der Waals surface area contributed by atoms with Crippen molar-refractivity contribution in [1.82, 2.24) is 14.7 Å². The molecule has 0 radical (unpaired) electrons. The average molecular weight is 438 g/mol. The van der Waals surface area contributed by atoms with Gasteiger partial charge >= 0.3 is 0 Å². The van der Waals surface area contributed by atoms with Crippen LogP contribution in [0.4, 0.5) is 5.69 Å². The molecule has 2 heterocycles. The highest BCUT2D eigenvalue weighted by molar-refractivity contribution is 7.90. The quantitative estimate of drug-likeness (QED) is 0.661. The van der Waals surface area contributed by atoms with Crippen molar-refractivity contribution in [3.8, 4) is 5.69 Å². The lowest BCUT2D eigenvalue weighted by Crippen LogP contribution is -2.20.